The minimum absolute atomic E-state index is 0.190. The van der Waals surface area contributed by atoms with Crippen LogP contribution in [0.5, 0.6) is 0 Å². The number of carbonyl (C=O) groups is 2. The van der Waals surface area contributed by atoms with E-state index in [9.17, 15) is 24.1 Å². The van der Waals surface area contributed by atoms with Crippen molar-refractivity contribution < 1.29 is 18.9 Å². The minimum atomic E-state index is -0.849. The van der Waals surface area contributed by atoms with Gasteiger partial charge in [-0.2, -0.15) is 0 Å². The van der Waals surface area contributed by atoms with Crippen molar-refractivity contribution in [1.82, 2.24) is 5.32 Å². The smallest absolute Gasteiger partial charge is 0.272 e. The van der Waals surface area contributed by atoms with Crippen molar-refractivity contribution in [2.24, 2.45) is 0 Å². The van der Waals surface area contributed by atoms with Gasteiger partial charge in [-0.1, -0.05) is 41.9 Å². The van der Waals surface area contributed by atoms with Crippen molar-refractivity contribution >= 4 is 40.9 Å². The average Bonchev–Trinajstić information content (AvgIpc) is 2.76. The van der Waals surface area contributed by atoms with Gasteiger partial charge in [0.25, 0.3) is 17.5 Å². The second-order valence-corrected chi connectivity index (χ2v) is 7.19. The molecule has 0 spiro atoms. The van der Waals surface area contributed by atoms with Crippen LogP contribution in [0.1, 0.15) is 21.5 Å². The number of carbonyl (C=O) groups excluding carboxylic acids is 2. The van der Waals surface area contributed by atoms with Crippen LogP contribution in [-0.4, -0.2) is 16.7 Å². The molecule has 0 aliphatic carbocycles. The van der Waals surface area contributed by atoms with Crippen LogP contribution in [-0.2, 0) is 4.79 Å². The summed E-state index contributed by atoms with van der Waals surface area (Å²) in [5.41, 5.74) is 0.735. The van der Waals surface area contributed by atoms with Crippen molar-refractivity contribution in [3.63, 3.8) is 0 Å². The van der Waals surface area contributed by atoms with Crippen molar-refractivity contribution in [2.75, 3.05) is 5.32 Å². The number of nitrogens with zero attached hydrogens (tertiary/aromatic N) is 1. The third kappa shape index (κ3) is 5.55. The van der Waals surface area contributed by atoms with Gasteiger partial charge in [0.05, 0.1) is 10.5 Å². The maximum absolute atomic E-state index is 14.0. The predicted molar refractivity (Wildman–Crippen MR) is 120 cm³/mol. The van der Waals surface area contributed by atoms with E-state index in [1.54, 1.807) is 25.1 Å². The highest BCUT2D eigenvalue weighted by Crippen LogP contribution is 2.21. The van der Waals surface area contributed by atoms with E-state index in [0.29, 0.717) is 16.3 Å². The standard InChI is InChI=1S/C23H17ClFN3O4/c1-14-9-10-16(24)13-20(14)26-23(30)21(12-15-5-4-6-17(11-15)28(31)32)27-22(29)18-7-2-3-8-19(18)25/h2-13H,1H3,(H,26,30)(H,27,29)/b21-12-. The summed E-state index contributed by atoms with van der Waals surface area (Å²) in [6, 6.07) is 15.7. The van der Waals surface area contributed by atoms with Crippen LogP contribution < -0.4 is 10.6 Å². The molecule has 3 aromatic rings. The number of hydrogen-bond acceptors (Lipinski definition) is 4. The fourth-order valence-corrected chi connectivity index (χ4v) is 2.98. The summed E-state index contributed by atoms with van der Waals surface area (Å²) >= 11 is 6.00. The van der Waals surface area contributed by atoms with Gasteiger partial charge in [-0.3, -0.25) is 19.7 Å². The van der Waals surface area contributed by atoms with E-state index >= 15 is 0 Å². The molecular formula is C23H17ClFN3O4. The Kier molecular flexibility index (Phi) is 6.97. The van der Waals surface area contributed by atoms with Gasteiger partial charge in [-0.25, -0.2) is 4.39 Å². The lowest BCUT2D eigenvalue weighted by Crippen LogP contribution is -2.31. The second kappa shape index (κ2) is 9.84. The van der Waals surface area contributed by atoms with E-state index in [1.165, 1.54) is 48.5 Å². The van der Waals surface area contributed by atoms with Crippen LogP contribution in [0.3, 0.4) is 0 Å². The highest BCUT2D eigenvalue weighted by molar-refractivity contribution is 6.31. The SMILES string of the molecule is Cc1ccc(Cl)cc1NC(=O)/C(=C/c1cccc([N+](=O)[O-])c1)NC(=O)c1ccccc1F. The zero-order chi connectivity index (χ0) is 23.3. The summed E-state index contributed by atoms with van der Waals surface area (Å²) in [4.78, 5) is 36.1. The number of nitro groups is 1. The molecule has 0 saturated carbocycles. The number of anilines is 1. The summed E-state index contributed by atoms with van der Waals surface area (Å²) in [5, 5.41) is 16.5. The summed E-state index contributed by atoms with van der Waals surface area (Å²) < 4.78 is 14.0. The summed E-state index contributed by atoms with van der Waals surface area (Å²) in [6.45, 7) is 1.76. The second-order valence-electron chi connectivity index (χ2n) is 6.76. The molecule has 3 rings (SSSR count). The first-order chi connectivity index (χ1) is 15.2. The van der Waals surface area contributed by atoms with E-state index in [2.05, 4.69) is 10.6 Å². The number of hydrogen-bond donors (Lipinski definition) is 2. The van der Waals surface area contributed by atoms with Gasteiger partial charge in [0.1, 0.15) is 11.5 Å². The fourth-order valence-electron chi connectivity index (χ4n) is 2.81. The van der Waals surface area contributed by atoms with E-state index < -0.39 is 22.6 Å². The molecule has 0 atom stereocenters. The van der Waals surface area contributed by atoms with E-state index in [0.717, 1.165) is 11.6 Å². The zero-order valence-electron chi connectivity index (χ0n) is 16.8. The van der Waals surface area contributed by atoms with Gasteiger partial charge in [-0.15, -0.1) is 0 Å². The molecule has 32 heavy (non-hydrogen) atoms. The van der Waals surface area contributed by atoms with E-state index in [-0.39, 0.29) is 16.9 Å². The highest BCUT2D eigenvalue weighted by Gasteiger charge is 2.18. The molecule has 0 aromatic heterocycles. The Labute approximate surface area is 187 Å². The molecule has 0 unspecified atom stereocenters. The van der Waals surface area contributed by atoms with Crippen LogP contribution in [0.25, 0.3) is 6.08 Å². The minimum Gasteiger partial charge on any atom is -0.320 e. The quantitative estimate of drug-likeness (QED) is 0.308. The third-order valence-electron chi connectivity index (χ3n) is 4.45. The Hall–Kier alpha value is -4.04. The number of amides is 2. The van der Waals surface area contributed by atoms with Gasteiger partial charge in [-0.05, 0) is 48.4 Å². The van der Waals surface area contributed by atoms with Gasteiger partial charge < -0.3 is 10.6 Å². The normalized spacial score (nSPS) is 11.0. The molecule has 0 radical (unpaired) electrons. The van der Waals surface area contributed by atoms with Gasteiger partial charge in [0.2, 0.25) is 0 Å². The number of nitro benzene ring substituents is 1. The molecule has 0 aliphatic rings. The largest absolute Gasteiger partial charge is 0.320 e. The molecule has 0 saturated heterocycles. The fraction of sp³-hybridized carbons (Fsp3) is 0.0435. The van der Waals surface area contributed by atoms with E-state index in [1.807, 2.05) is 0 Å². The molecule has 0 heterocycles. The first-order valence-corrected chi connectivity index (χ1v) is 9.72. The lowest BCUT2D eigenvalue weighted by molar-refractivity contribution is -0.384. The molecule has 9 heteroatoms. The van der Waals surface area contributed by atoms with E-state index in [4.69, 9.17) is 11.6 Å². The molecule has 0 aliphatic heterocycles. The number of rotatable bonds is 6. The summed E-state index contributed by atoms with van der Waals surface area (Å²) in [5.74, 6) is -2.32. The van der Waals surface area contributed by atoms with Crippen LogP contribution in [0.2, 0.25) is 5.02 Å². The van der Waals surface area contributed by atoms with Crippen molar-refractivity contribution in [1.29, 1.82) is 0 Å². The molecule has 7 nitrogen and oxygen atoms in total. The highest BCUT2D eigenvalue weighted by atomic mass is 35.5. The van der Waals surface area contributed by atoms with Gasteiger partial charge >= 0.3 is 0 Å². The first-order valence-electron chi connectivity index (χ1n) is 9.34. The van der Waals surface area contributed by atoms with Crippen LogP contribution in [0.4, 0.5) is 15.8 Å². The molecular weight excluding hydrogens is 437 g/mol. The van der Waals surface area contributed by atoms with Crippen molar-refractivity contribution in [3.05, 3.63) is 110 Å². The molecule has 0 bridgehead atoms. The number of benzene rings is 3. The van der Waals surface area contributed by atoms with Crippen molar-refractivity contribution in [2.45, 2.75) is 6.92 Å². The molecule has 162 valence electrons. The molecule has 0 fully saturated rings. The average molecular weight is 454 g/mol. The van der Waals surface area contributed by atoms with Gasteiger partial charge in [0.15, 0.2) is 0 Å². The first kappa shape index (κ1) is 22.6. The molecule has 3 aromatic carbocycles. The number of nitrogens with one attached hydrogen (secondary N) is 2. The lowest BCUT2D eigenvalue weighted by Gasteiger charge is -2.13. The maximum Gasteiger partial charge on any atom is 0.272 e. The number of aryl methyl sites for hydroxylation is 1. The zero-order valence-corrected chi connectivity index (χ0v) is 17.5. The Bertz CT molecular complexity index is 1240. The topological polar surface area (TPSA) is 101 Å². The van der Waals surface area contributed by atoms with Crippen LogP contribution >= 0.6 is 11.6 Å². The summed E-state index contributed by atoms with van der Waals surface area (Å²) in [7, 11) is 0. The maximum atomic E-state index is 14.0. The number of halogens is 2. The predicted octanol–water partition coefficient (Wildman–Crippen LogP) is 5.11. The van der Waals surface area contributed by atoms with Crippen LogP contribution in [0, 0.1) is 22.9 Å². The Morgan fingerprint density at radius 2 is 1.81 bits per heavy atom. The third-order valence-corrected chi connectivity index (χ3v) is 4.69. The molecule has 2 N–H and O–H groups in total. The number of non-ortho nitro benzene ring substituents is 1. The summed E-state index contributed by atoms with van der Waals surface area (Å²) in [6.07, 6.45) is 1.26. The van der Waals surface area contributed by atoms with Crippen LogP contribution in [0.15, 0.2) is 72.4 Å². The molecule has 2 amide bonds. The Morgan fingerprint density at radius 3 is 2.53 bits per heavy atom. The van der Waals surface area contributed by atoms with Crippen molar-refractivity contribution in [3.8, 4) is 0 Å². The van der Waals surface area contributed by atoms with Gasteiger partial charge in [0, 0.05) is 22.8 Å². The Morgan fingerprint density at radius 1 is 1.06 bits per heavy atom. The monoisotopic (exact) mass is 453 g/mol. The Balaban J connectivity index is 1.98. The lowest BCUT2D eigenvalue weighted by atomic mass is 10.1.